The van der Waals surface area contributed by atoms with Crippen molar-refractivity contribution in [3.05, 3.63) is 18.0 Å². The molecule has 1 amide bonds. The molecule has 1 aromatic heterocycles. The third-order valence-corrected chi connectivity index (χ3v) is 3.61. The normalized spacial score (nSPS) is 18.1. The summed E-state index contributed by atoms with van der Waals surface area (Å²) in [6.07, 6.45) is 3.63. The quantitative estimate of drug-likeness (QED) is 0.853. The number of hydrogen-bond donors (Lipinski definition) is 1. The molecule has 1 saturated heterocycles. The van der Waals surface area contributed by atoms with Crippen molar-refractivity contribution in [1.29, 1.82) is 0 Å². The lowest BCUT2D eigenvalue weighted by Gasteiger charge is -2.38. The summed E-state index contributed by atoms with van der Waals surface area (Å²) in [6, 6.07) is 0.160. The fraction of sp³-hybridized carbons (Fsp3) is 0.692. The number of hydrogen-bond acceptors (Lipinski definition) is 5. The zero-order valence-electron chi connectivity index (χ0n) is 12.2. The van der Waals surface area contributed by atoms with Gasteiger partial charge in [0.15, 0.2) is 0 Å². The van der Waals surface area contributed by atoms with Crippen LogP contribution in [0.1, 0.15) is 18.5 Å². The van der Waals surface area contributed by atoms with Gasteiger partial charge in [0, 0.05) is 51.5 Å². The maximum Gasteiger partial charge on any atom is 0.409 e. The lowest BCUT2D eigenvalue weighted by molar-refractivity contribution is 0.0671. The predicted octanol–water partition coefficient (Wildman–Crippen LogP) is 0.194. The summed E-state index contributed by atoms with van der Waals surface area (Å²) < 4.78 is 6.81. The van der Waals surface area contributed by atoms with Gasteiger partial charge in [-0.2, -0.15) is 5.10 Å². The molecular weight excluding hydrogens is 258 g/mol. The zero-order chi connectivity index (χ0) is 14.5. The van der Waals surface area contributed by atoms with Gasteiger partial charge in [-0.25, -0.2) is 4.79 Å². The van der Waals surface area contributed by atoms with Crippen molar-refractivity contribution in [2.75, 3.05) is 39.3 Å². The van der Waals surface area contributed by atoms with Gasteiger partial charge in [-0.1, -0.05) is 0 Å². The highest BCUT2D eigenvalue weighted by atomic mass is 16.6. The largest absolute Gasteiger partial charge is 0.450 e. The highest BCUT2D eigenvalue weighted by Gasteiger charge is 2.27. The SMILES string of the molecule is CCOC(=O)N1CCN(C(CN)c2cnn(C)c2)CC1. The summed E-state index contributed by atoms with van der Waals surface area (Å²) in [7, 11) is 1.90. The molecule has 20 heavy (non-hydrogen) atoms. The van der Waals surface area contributed by atoms with E-state index in [2.05, 4.69) is 10.00 Å². The molecule has 1 atom stereocenters. The average Bonchev–Trinajstić information content (AvgIpc) is 2.87. The Kier molecular flexibility index (Phi) is 4.97. The first kappa shape index (κ1) is 14.8. The zero-order valence-corrected chi connectivity index (χ0v) is 12.2. The lowest BCUT2D eigenvalue weighted by Crippen LogP contribution is -2.50. The minimum absolute atomic E-state index is 0.160. The van der Waals surface area contributed by atoms with Crippen LogP contribution < -0.4 is 5.73 Å². The van der Waals surface area contributed by atoms with Crippen molar-refractivity contribution >= 4 is 6.09 Å². The Morgan fingerprint density at radius 2 is 2.15 bits per heavy atom. The van der Waals surface area contributed by atoms with E-state index in [4.69, 9.17) is 10.5 Å². The molecule has 2 rings (SSSR count). The Balaban J connectivity index is 1.93. The van der Waals surface area contributed by atoms with Crippen molar-refractivity contribution in [3.63, 3.8) is 0 Å². The summed E-state index contributed by atoms with van der Waals surface area (Å²) in [5.74, 6) is 0. The molecular formula is C13H23N5O2. The summed E-state index contributed by atoms with van der Waals surface area (Å²) in [5.41, 5.74) is 7.03. The molecule has 0 spiro atoms. The number of amides is 1. The first-order chi connectivity index (χ1) is 9.65. The van der Waals surface area contributed by atoms with Crippen molar-refractivity contribution < 1.29 is 9.53 Å². The summed E-state index contributed by atoms with van der Waals surface area (Å²) in [4.78, 5) is 15.7. The highest BCUT2D eigenvalue weighted by Crippen LogP contribution is 2.20. The number of rotatable bonds is 4. The number of carbonyl (C=O) groups excluding carboxylic acids is 1. The molecule has 2 heterocycles. The van der Waals surface area contributed by atoms with Crippen LogP contribution in [0, 0.1) is 0 Å². The smallest absolute Gasteiger partial charge is 0.409 e. The van der Waals surface area contributed by atoms with Gasteiger partial charge in [0.1, 0.15) is 0 Å². The number of ether oxygens (including phenoxy) is 1. The van der Waals surface area contributed by atoms with Gasteiger partial charge in [0.05, 0.1) is 18.8 Å². The van der Waals surface area contributed by atoms with Crippen molar-refractivity contribution in [2.24, 2.45) is 12.8 Å². The van der Waals surface area contributed by atoms with Crippen LogP contribution in [0.4, 0.5) is 4.79 Å². The predicted molar refractivity (Wildman–Crippen MR) is 75.2 cm³/mol. The van der Waals surface area contributed by atoms with E-state index in [1.165, 1.54) is 0 Å². The minimum Gasteiger partial charge on any atom is -0.450 e. The third kappa shape index (κ3) is 3.29. The topological polar surface area (TPSA) is 76.6 Å². The first-order valence-corrected chi connectivity index (χ1v) is 7.00. The Bertz CT molecular complexity index is 440. The number of piperazine rings is 1. The molecule has 112 valence electrons. The molecule has 7 nitrogen and oxygen atoms in total. The monoisotopic (exact) mass is 281 g/mol. The van der Waals surface area contributed by atoms with Gasteiger partial charge in [-0.05, 0) is 6.92 Å². The first-order valence-electron chi connectivity index (χ1n) is 7.00. The standard InChI is InChI=1S/C13H23N5O2/c1-3-20-13(19)18-6-4-17(5-7-18)12(8-14)11-9-15-16(2)10-11/h9-10,12H,3-8,14H2,1-2H3. The molecule has 7 heteroatoms. The number of nitrogens with two attached hydrogens (primary N) is 1. The fourth-order valence-corrected chi connectivity index (χ4v) is 2.54. The molecule has 0 aromatic carbocycles. The lowest BCUT2D eigenvalue weighted by atomic mass is 10.1. The fourth-order valence-electron chi connectivity index (χ4n) is 2.54. The van der Waals surface area contributed by atoms with Crippen LogP contribution >= 0.6 is 0 Å². The van der Waals surface area contributed by atoms with E-state index in [1.807, 2.05) is 26.4 Å². The van der Waals surface area contributed by atoms with Crippen LogP contribution in [0.25, 0.3) is 0 Å². The molecule has 1 aromatic rings. The van der Waals surface area contributed by atoms with Crippen LogP contribution in [-0.2, 0) is 11.8 Å². The second-order valence-electron chi connectivity index (χ2n) is 4.92. The Hall–Kier alpha value is -1.60. The van der Waals surface area contributed by atoms with Gasteiger partial charge in [0.25, 0.3) is 0 Å². The molecule has 1 aliphatic heterocycles. The number of carbonyl (C=O) groups is 1. The van der Waals surface area contributed by atoms with E-state index in [1.54, 1.807) is 9.58 Å². The average molecular weight is 281 g/mol. The molecule has 0 aliphatic carbocycles. The van der Waals surface area contributed by atoms with Gasteiger partial charge in [-0.15, -0.1) is 0 Å². The van der Waals surface area contributed by atoms with E-state index in [9.17, 15) is 4.79 Å². The van der Waals surface area contributed by atoms with Crippen molar-refractivity contribution in [3.8, 4) is 0 Å². The van der Waals surface area contributed by atoms with E-state index >= 15 is 0 Å². The summed E-state index contributed by atoms with van der Waals surface area (Å²) in [5, 5.41) is 4.20. The van der Waals surface area contributed by atoms with Crippen LogP contribution in [0.2, 0.25) is 0 Å². The van der Waals surface area contributed by atoms with Crippen molar-refractivity contribution in [1.82, 2.24) is 19.6 Å². The van der Waals surface area contributed by atoms with Crippen LogP contribution in [0.5, 0.6) is 0 Å². The summed E-state index contributed by atoms with van der Waals surface area (Å²) >= 11 is 0. The third-order valence-electron chi connectivity index (χ3n) is 3.61. The Labute approximate surface area is 119 Å². The van der Waals surface area contributed by atoms with E-state index < -0.39 is 0 Å². The molecule has 0 bridgehead atoms. The Morgan fingerprint density at radius 3 is 2.65 bits per heavy atom. The molecule has 2 N–H and O–H groups in total. The van der Waals surface area contributed by atoms with Crippen molar-refractivity contribution in [2.45, 2.75) is 13.0 Å². The maximum atomic E-state index is 11.7. The number of aromatic nitrogens is 2. The Morgan fingerprint density at radius 1 is 1.45 bits per heavy atom. The molecule has 0 radical (unpaired) electrons. The summed E-state index contributed by atoms with van der Waals surface area (Å²) in [6.45, 7) is 5.74. The van der Waals surface area contributed by atoms with Crippen LogP contribution in [0.3, 0.4) is 0 Å². The van der Waals surface area contributed by atoms with Gasteiger partial charge in [-0.3, -0.25) is 9.58 Å². The maximum absolute atomic E-state index is 11.7. The number of nitrogens with zero attached hydrogens (tertiary/aromatic N) is 4. The van der Waals surface area contributed by atoms with Gasteiger partial charge in [0.2, 0.25) is 0 Å². The number of aryl methyl sites for hydroxylation is 1. The molecule has 1 fully saturated rings. The molecule has 0 saturated carbocycles. The van der Waals surface area contributed by atoms with Gasteiger partial charge >= 0.3 is 6.09 Å². The van der Waals surface area contributed by atoms with E-state index in [-0.39, 0.29) is 12.1 Å². The van der Waals surface area contributed by atoms with Crippen LogP contribution in [0.15, 0.2) is 12.4 Å². The molecule has 1 unspecified atom stereocenters. The second kappa shape index (κ2) is 6.71. The second-order valence-corrected chi connectivity index (χ2v) is 4.92. The van der Waals surface area contributed by atoms with E-state index in [0.717, 1.165) is 18.7 Å². The van der Waals surface area contributed by atoms with Gasteiger partial charge < -0.3 is 15.4 Å². The highest BCUT2D eigenvalue weighted by molar-refractivity contribution is 5.67. The van der Waals surface area contributed by atoms with E-state index in [0.29, 0.717) is 26.2 Å². The minimum atomic E-state index is -0.224. The molecule has 1 aliphatic rings. The van der Waals surface area contributed by atoms with Crippen LogP contribution in [-0.4, -0.2) is 65.0 Å².